The molecule has 1 N–H and O–H groups in total. The molecule has 1 saturated heterocycles. The first-order valence-corrected chi connectivity index (χ1v) is 5.16. The summed E-state index contributed by atoms with van der Waals surface area (Å²) in [5.74, 6) is 0. The topological polar surface area (TPSA) is 15.3 Å². The quantitative estimate of drug-likeness (QED) is 0.723. The molecule has 1 unspecified atom stereocenters. The molecule has 1 aliphatic heterocycles. The SMILES string of the molecule is [CH2]c1ccccc1N1CCNC(C)C1. The summed E-state index contributed by atoms with van der Waals surface area (Å²) in [7, 11) is 0. The van der Waals surface area contributed by atoms with Gasteiger partial charge in [0.05, 0.1) is 0 Å². The standard InChI is InChI=1S/C12H17N2/c1-10-5-3-4-6-12(10)14-8-7-13-11(2)9-14/h3-6,11,13H,1,7-9H2,2H3. The van der Waals surface area contributed by atoms with Crippen molar-refractivity contribution in [3.63, 3.8) is 0 Å². The van der Waals surface area contributed by atoms with Crippen LogP contribution in [0.5, 0.6) is 0 Å². The van der Waals surface area contributed by atoms with Crippen molar-refractivity contribution in [3.8, 4) is 0 Å². The maximum Gasteiger partial charge on any atom is 0.0399 e. The van der Waals surface area contributed by atoms with Gasteiger partial charge in [-0.15, -0.1) is 0 Å². The second kappa shape index (κ2) is 4.01. The fourth-order valence-corrected chi connectivity index (χ4v) is 1.97. The Kier molecular flexibility index (Phi) is 2.73. The van der Waals surface area contributed by atoms with E-state index >= 15 is 0 Å². The van der Waals surface area contributed by atoms with Crippen molar-refractivity contribution in [2.45, 2.75) is 13.0 Å². The Bertz CT molecular complexity index is 309. The first-order valence-electron chi connectivity index (χ1n) is 5.16. The second-order valence-electron chi connectivity index (χ2n) is 3.93. The van der Waals surface area contributed by atoms with Crippen LogP contribution in [-0.2, 0) is 0 Å². The molecule has 0 spiro atoms. The number of hydrogen-bond acceptors (Lipinski definition) is 2. The maximum absolute atomic E-state index is 4.06. The van der Waals surface area contributed by atoms with E-state index in [1.165, 1.54) is 5.69 Å². The smallest absolute Gasteiger partial charge is 0.0399 e. The second-order valence-corrected chi connectivity index (χ2v) is 3.93. The molecule has 75 valence electrons. The molecule has 1 aliphatic rings. The molecule has 0 aromatic heterocycles. The van der Waals surface area contributed by atoms with Crippen molar-refractivity contribution in [1.82, 2.24) is 5.32 Å². The van der Waals surface area contributed by atoms with E-state index in [0.29, 0.717) is 6.04 Å². The number of hydrogen-bond donors (Lipinski definition) is 1. The predicted molar refractivity (Wildman–Crippen MR) is 60.6 cm³/mol. The number of piperazine rings is 1. The van der Waals surface area contributed by atoms with Crippen LogP contribution in [0.2, 0.25) is 0 Å². The molecule has 1 heterocycles. The molecule has 14 heavy (non-hydrogen) atoms. The van der Waals surface area contributed by atoms with Crippen LogP contribution in [0.1, 0.15) is 12.5 Å². The summed E-state index contributed by atoms with van der Waals surface area (Å²) in [6, 6.07) is 8.92. The number of rotatable bonds is 1. The van der Waals surface area contributed by atoms with Gasteiger partial charge in [-0.1, -0.05) is 18.2 Å². The van der Waals surface area contributed by atoms with Gasteiger partial charge in [-0.25, -0.2) is 0 Å². The summed E-state index contributed by atoms with van der Waals surface area (Å²) in [5, 5.41) is 3.44. The summed E-state index contributed by atoms with van der Waals surface area (Å²) < 4.78 is 0. The van der Waals surface area contributed by atoms with Crippen LogP contribution in [0, 0.1) is 6.92 Å². The zero-order valence-electron chi connectivity index (χ0n) is 8.66. The molecule has 2 rings (SSSR count). The van der Waals surface area contributed by atoms with Crippen molar-refractivity contribution in [2.75, 3.05) is 24.5 Å². The Morgan fingerprint density at radius 2 is 2.21 bits per heavy atom. The van der Waals surface area contributed by atoms with Crippen LogP contribution >= 0.6 is 0 Å². The van der Waals surface area contributed by atoms with Gasteiger partial charge in [0.2, 0.25) is 0 Å². The highest BCUT2D eigenvalue weighted by atomic mass is 15.2. The molecule has 1 atom stereocenters. The number of nitrogens with one attached hydrogen (secondary N) is 1. The molecule has 1 fully saturated rings. The lowest BCUT2D eigenvalue weighted by atomic mass is 10.1. The van der Waals surface area contributed by atoms with E-state index in [9.17, 15) is 0 Å². The fraction of sp³-hybridized carbons (Fsp3) is 0.417. The summed E-state index contributed by atoms with van der Waals surface area (Å²) in [6.07, 6.45) is 0. The number of nitrogens with zero attached hydrogens (tertiary/aromatic N) is 1. The summed E-state index contributed by atoms with van der Waals surface area (Å²) >= 11 is 0. The maximum atomic E-state index is 4.06. The van der Waals surface area contributed by atoms with Gasteiger partial charge < -0.3 is 10.2 Å². The highest BCUT2D eigenvalue weighted by Crippen LogP contribution is 2.20. The first-order chi connectivity index (χ1) is 6.77. The van der Waals surface area contributed by atoms with Crippen molar-refractivity contribution < 1.29 is 0 Å². The van der Waals surface area contributed by atoms with Crippen molar-refractivity contribution in [1.29, 1.82) is 0 Å². The lowest BCUT2D eigenvalue weighted by Crippen LogP contribution is -2.49. The Hall–Kier alpha value is -1.02. The third kappa shape index (κ3) is 1.90. The molecule has 2 nitrogen and oxygen atoms in total. The van der Waals surface area contributed by atoms with Gasteiger partial charge >= 0.3 is 0 Å². The van der Waals surface area contributed by atoms with E-state index in [2.05, 4.69) is 42.3 Å². The Labute approximate surface area is 85.9 Å². The molecular weight excluding hydrogens is 172 g/mol. The Morgan fingerprint density at radius 1 is 1.43 bits per heavy atom. The summed E-state index contributed by atoms with van der Waals surface area (Å²) in [6.45, 7) is 9.50. The van der Waals surface area contributed by atoms with E-state index in [4.69, 9.17) is 0 Å². The van der Waals surface area contributed by atoms with E-state index < -0.39 is 0 Å². The molecule has 0 bridgehead atoms. The van der Waals surface area contributed by atoms with Crippen LogP contribution in [0.25, 0.3) is 0 Å². The summed E-state index contributed by atoms with van der Waals surface area (Å²) in [5.41, 5.74) is 2.41. The normalized spacial score (nSPS) is 22.4. The average Bonchev–Trinajstić information content (AvgIpc) is 2.18. The van der Waals surface area contributed by atoms with Gasteiger partial charge in [0, 0.05) is 31.4 Å². The molecular formula is C12H17N2. The molecule has 1 aromatic carbocycles. The van der Waals surface area contributed by atoms with Gasteiger partial charge in [-0.3, -0.25) is 0 Å². The van der Waals surface area contributed by atoms with Crippen LogP contribution in [-0.4, -0.2) is 25.7 Å². The van der Waals surface area contributed by atoms with Crippen LogP contribution < -0.4 is 10.2 Å². The number of benzene rings is 1. The van der Waals surface area contributed by atoms with Crippen LogP contribution in [0.4, 0.5) is 5.69 Å². The minimum atomic E-state index is 0.573. The number of anilines is 1. The summed E-state index contributed by atoms with van der Waals surface area (Å²) in [4.78, 5) is 2.41. The number of para-hydroxylation sites is 1. The molecule has 0 amide bonds. The van der Waals surface area contributed by atoms with Crippen LogP contribution in [0.15, 0.2) is 24.3 Å². The van der Waals surface area contributed by atoms with E-state index in [1.807, 2.05) is 6.07 Å². The Balaban J connectivity index is 2.18. The highest BCUT2D eigenvalue weighted by molar-refractivity contribution is 5.55. The zero-order valence-corrected chi connectivity index (χ0v) is 8.66. The van der Waals surface area contributed by atoms with Gasteiger partial charge in [0.1, 0.15) is 0 Å². The predicted octanol–water partition coefficient (Wildman–Crippen LogP) is 1.67. The molecule has 2 heteroatoms. The third-order valence-electron chi connectivity index (χ3n) is 2.70. The molecule has 1 radical (unpaired) electrons. The minimum absolute atomic E-state index is 0.573. The van der Waals surface area contributed by atoms with Gasteiger partial charge in [-0.2, -0.15) is 0 Å². The molecule has 0 saturated carbocycles. The highest BCUT2D eigenvalue weighted by Gasteiger charge is 2.16. The van der Waals surface area contributed by atoms with Crippen molar-refractivity contribution in [2.24, 2.45) is 0 Å². The Morgan fingerprint density at radius 3 is 2.93 bits per heavy atom. The minimum Gasteiger partial charge on any atom is -0.368 e. The van der Waals surface area contributed by atoms with Crippen LogP contribution in [0.3, 0.4) is 0 Å². The average molecular weight is 189 g/mol. The van der Waals surface area contributed by atoms with Crippen molar-refractivity contribution in [3.05, 3.63) is 36.8 Å². The molecule has 1 aromatic rings. The van der Waals surface area contributed by atoms with Gasteiger partial charge in [0.25, 0.3) is 0 Å². The fourth-order valence-electron chi connectivity index (χ4n) is 1.97. The van der Waals surface area contributed by atoms with Gasteiger partial charge in [0.15, 0.2) is 0 Å². The van der Waals surface area contributed by atoms with E-state index in [0.717, 1.165) is 25.2 Å². The monoisotopic (exact) mass is 189 g/mol. The lowest BCUT2D eigenvalue weighted by molar-refractivity contribution is 0.484. The first kappa shape index (κ1) is 9.53. The lowest BCUT2D eigenvalue weighted by Gasteiger charge is -2.34. The van der Waals surface area contributed by atoms with E-state index in [-0.39, 0.29) is 0 Å². The van der Waals surface area contributed by atoms with Gasteiger partial charge in [-0.05, 0) is 25.5 Å². The molecule has 0 aliphatic carbocycles. The largest absolute Gasteiger partial charge is 0.368 e. The van der Waals surface area contributed by atoms with E-state index in [1.54, 1.807) is 0 Å². The zero-order chi connectivity index (χ0) is 9.97. The van der Waals surface area contributed by atoms with Crippen molar-refractivity contribution >= 4 is 5.69 Å². The third-order valence-corrected chi connectivity index (χ3v) is 2.70.